The second kappa shape index (κ2) is 3.89. The van der Waals surface area contributed by atoms with Crippen molar-refractivity contribution >= 4 is 16.6 Å². The number of fused-ring (bicyclic) bond motifs is 1. The fourth-order valence-corrected chi connectivity index (χ4v) is 1.45. The highest BCUT2D eigenvalue weighted by Gasteiger charge is 1.99. The number of H-pyrrole nitrogens is 1. The van der Waals surface area contributed by atoms with Gasteiger partial charge in [-0.05, 0) is 17.5 Å². The third kappa shape index (κ3) is 1.84. The number of benzene rings is 1. The molecule has 2 aromatic rings. The van der Waals surface area contributed by atoms with E-state index >= 15 is 0 Å². The number of hydrogen-bond acceptors (Lipinski definition) is 2. The lowest BCUT2D eigenvalue weighted by atomic mass is 10.2. The Morgan fingerprint density at radius 1 is 1.40 bits per heavy atom. The summed E-state index contributed by atoms with van der Waals surface area (Å²) >= 11 is 0. The fourth-order valence-electron chi connectivity index (χ4n) is 1.45. The lowest BCUT2D eigenvalue weighted by Crippen LogP contribution is -2.10. The Hall–Kier alpha value is -2.21. The third-order valence-electron chi connectivity index (χ3n) is 2.13. The van der Waals surface area contributed by atoms with E-state index in [2.05, 4.69) is 16.2 Å². The van der Waals surface area contributed by atoms with Crippen molar-refractivity contribution < 1.29 is 0 Å². The molecule has 0 saturated carbocycles. The Morgan fingerprint density at radius 3 is 3.00 bits per heavy atom. The van der Waals surface area contributed by atoms with Gasteiger partial charge >= 0.3 is 0 Å². The van der Waals surface area contributed by atoms with Crippen LogP contribution in [0.15, 0.2) is 35.1 Å². The lowest BCUT2D eigenvalue weighted by Gasteiger charge is -2.03. The molecule has 3 heteroatoms. The van der Waals surface area contributed by atoms with Crippen LogP contribution in [0.4, 0.5) is 5.82 Å². The summed E-state index contributed by atoms with van der Waals surface area (Å²) in [6.07, 6.45) is 5.12. The van der Waals surface area contributed by atoms with Crippen molar-refractivity contribution in [3.63, 3.8) is 0 Å². The molecular weight excluding hydrogens is 188 g/mol. The zero-order valence-electron chi connectivity index (χ0n) is 8.08. The second-order valence-electron chi connectivity index (χ2n) is 3.16. The maximum Gasteiger partial charge on any atom is 0.257 e. The van der Waals surface area contributed by atoms with Gasteiger partial charge in [0.2, 0.25) is 0 Å². The first-order chi connectivity index (χ1) is 7.31. The number of nitrogens with one attached hydrogen (secondary N) is 2. The molecule has 0 aliphatic heterocycles. The van der Waals surface area contributed by atoms with Crippen LogP contribution in [0.3, 0.4) is 0 Å². The largest absolute Gasteiger partial charge is 0.361 e. The number of rotatable bonds is 2. The molecule has 0 fully saturated rings. The van der Waals surface area contributed by atoms with Gasteiger partial charge in [-0.15, -0.1) is 6.42 Å². The molecule has 0 radical (unpaired) electrons. The van der Waals surface area contributed by atoms with E-state index in [-0.39, 0.29) is 5.56 Å². The van der Waals surface area contributed by atoms with Crippen LogP contribution in [-0.4, -0.2) is 11.5 Å². The summed E-state index contributed by atoms with van der Waals surface area (Å²) in [5, 5.41) is 4.52. The van der Waals surface area contributed by atoms with E-state index in [0.29, 0.717) is 17.7 Å². The van der Waals surface area contributed by atoms with Crippen molar-refractivity contribution in [2.24, 2.45) is 0 Å². The molecule has 0 amide bonds. The van der Waals surface area contributed by atoms with Crippen LogP contribution < -0.4 is 10.9 Å². The van der Waals surface area contributed by atoms with Gasteiger partial charge < -0.3 is 10.3 Å². The van der Waals surface area contributed by atoms with E-state index in [1.54, 1.807) is 6.07 Å². The summed E-state index contributed by atoms with van der Waals surface area (Å²) in [6.45, 7) is 0.397. The fraction of sp³-hybridized carbons (Fsp3) is 0.0833. The average Bonchev–Trinajstić information content (AvgIpc) is 2.26. The Kier molecular flexibility index (Phi) is 2.42. The highest BCUT2D eigenvalue weighted by molar-refractivity contribution is 5.83. The summed E-state index contributed by atoms with van der Waals surface area (Å²) in [5.41, 5.74) is -0.104. The maximum absolute atomic E-state index is 11.6. The van der Waals surface area contributed by atoms with E-state index in [9.17, 15) is 4.79 Å². The molecule has 0 aliphatic carbocycles. The lowest BCUT2D eigenvalue weighted by molar-refractivity contribution is 1.22. The van der Waals surface area contributed by atoms with Crippen LogP contribution in [0.5, 0.6) is 0 Å². The predicted octanol–water partition coefficient (Wildman–Crippen LogP) is 1.57. The molecule has 2 N–H and O–H groups in total. The van der Waals surface area contributed by atoms with Gasteiger partial charge in [-0.25, -0.2) is 0 Å². The van der Waals surface area contributed by atoms with Gasteiger partial charge in [0.1, 0.15) is 5.82 Å². The molecule has 1 aromatic carbocycles. The van der Waals surface area contributed by atoms with Gasteiger partial charge in [0.05, 0.1) is 6.54 Å². The molecule has 1 aromatic heterocycles. The first kappa shape index (κ1) is 9.35. The van der Waals surface area contributed by atoms with Crippen LogP contribution in [0, 0.1) is 12.3 Å². The Morgan fingerprint density at radius 2 is 2.20 bits per heavy atom. The SMILES string of the molecule is C#CCNc1cc2ccccc2c(=O)[nH]1. The quantitative estimate of drug-likeness (QED) is 0.719. The summed E-state index contributed by atoms with van der Waals surface area (Å²) < 4.78 is 0. The minimum Gasteiger partial charge on any atom is -0.361 e. The van der Waals surface area contributed by atoms with Gasteiger partial charge in [0.25, 0.3) is 5.56 Å². The van der Waals surface area contributed by atoms with Gasteiger partial charge in [0, 0.05) is 5.39 Å². The van der Waals surface area contributed by atoms with E-state index in [1.165, 1.54) is 0 Å². The molecule has 0 atom stereocenters. The normalized spacial score (nSPS) is 9.80. The first-order valence-electron chi connectivity index (χ1n) is 4.60. The van der Waals surface area contributed by atoms with Crippen molar-refractivity contribution in [1.82, 2.24) is 4.98 Å². The standard InChI is InChI=1S/C12H10N2O/c1-2-7-13-11-8-9-5-3-4-6-10(9)12(15)14-11/h1,3-6,8H,7H2,(H2,13,14,15). The highest BCUT2D eigenvalue weighted by Crippen LogP contribution is 2.11. The first-order valence-corrected chi connectivity index (χ1v) is 4.60. The summed E-state index contributed by atoms with van der Waals surface area (Å²) in [5.74, 6) is 3.10. The molecule has 0 bridgehead atoms. The molecule has 1 heterocycles. The Labute approximate surface area is 87.1 Å². The van der Waals surface area contributed by atoms with Gasteiger partial charge in [0.15, 0.2) is 0 Å². The zero-order chi connectivity index (χ0) is 10.7. The molecule has 0 unspecified atom stereocenters. The number of hydrogen-bond donors (Lipinski definition) is 2. The van der Waals surface area contributed by atoms with Gasteiger partial charge in [-0.2, -0.15) is 0 Å². The molecule has 3 nitrogen and oxygen atoms in total. The van der Waals surface area contributed by atoms with Crippen molar-refractivity contribution in [3.8, 4) is 12.3 Å². The van der Waals surface area contributed by atoms with Gasteiger partial charge in [-0.1, -0.05) is 24.1 Å². The number of pyridine rings is 1. The summed E-state index contributed by atoms with van der Waals surface area (Å²) in [4.78, 5) is 14.3. The molecule has 15 heavy (non-hydrogen) atoms. The number of terminal acetylenes is 1. The zero-order valence-corrected chi connectivity index (χ0v) is 8.08. The molecular formula is C12H10N2O. The van der Waals surface area contributed by atoms with Crippen molar-refractivity contribution in [2.75, 3.05) is 11.9 Å². The van der Waals surface area contributed by atoms with Gasteiger partial charge in [-0.3, -0.25) is 4.79 Å². The number of anilines is 1. The topological polar surface area (TPSA) is 44.9 Å². The van der Waals surface area contributed by atoms with Crippen molar-refractivity contribution in [1.29, 1.82) is 0 Å². The molecule has 0 saturated heterocycles. The predicted molar refractivity (Wildman–Crippen MR) is 61.9 cm³/mol. The third-order valence-corrected chi connectivity index (χ3v) is 2.13. The van der Waals surface area contributed by atoms with E-state index in [0.717, 1.165) is 5.39 Å². The van der Waals surface area contributed by atoms with Crippen LogP contribution in [0.1, 0.15) is 0 Å². The molecule has 2 rings (SSSR count). The molecule has 0 spiro atoms. The van der Waals surface area contributed by atoms with E-state index in [1.807, 2.05) is 24.3 Å². The van der Waals surface area contributed by atoms with E-state index in [4.69, 9.17) is 6.42 Å². The average molecular weight is 198 g/mol. The Balaban J connectivity index is 2.54. The summed E-state index contributed by atoms with van der Waals surface area (Å²) in [6, 6.07) is 9.29. The minimum atomic E-state index is -0.104. The van der Waals surface area contributed by atoms with Crippen LogP contribution >= 0.6 is 0 Å². The van der Waals surface area contributed by atoms with Crippen molar-refractivity contribution in [2.45, 2.75) is 0 Å². The second-order valence-corrected chi connectivity index (χ2v) is 3.16. The maximum atomic E-state index is 11.6. The number of aromatic nitrogens is 1. The van der Waals surface area contributed by atoms with Crippen molar-refractivity contribution in [3.05, 3.63) is 40.7 Å². The molecule has 74 valence electrons. The summed E-state index contributed by atoms with van der Waals surface area (Å²) in [7, 11) is 0. The van der Waals surface area contributed by atoms with Crippen LogP contribution in [0.25, 0.3) is 10.8 Å². The van der Waals surface area contributed by atoms with Crippen LogP contribution in [-0.2, 0) is 0 Å². The minimum absolute atomic E-state index is 0.104. The highest BCUT2D eigenvalue weighted by atomic mass is 16.1. The smallest absolute Gasteiger partial charge is 0.257 e. The van der Waals surface area contributed by atoms with Crippen LogP contribution in [0.2, 0.25) is 0 Å². The Bertz CT molecular complexity index is 578. The number of aromatic amines is 1. The van der Waals surface area contributed by atoms with E-state index < -0.39 is 0 Å². The monoisotopic (exact) mass is 198 g/mol. The molecule has 0 aliphatic rings.